The number of rotatable bonds is 6. The lowest BCUT2D eigenvalue weighted by atomic mass is 10.1. The Morgan fingerprint density at radius 3 is 2.88 bits per heavy atom. The SMILES string of the molecule is Cn1ncnc1-c1cc(C(=O)N[C@H](CN)Cc2ccccc2F)sc1Cl. The summed E-state index contributed by atoms with van der Waals surface area (Å²) in [5.41, 5.74) is 6.89. The van der Waals surface area contributed by atoms with Gasteiger partial charge in [-0.1, -0.05) is 29.8 Å². The van der Waals surface area contributed by atoms with E-state index in [-0.39, 0.29) is 18.3 Å². The third-order valence-corrected chi connectivity index (χ3v) is 5.26. The van der Waals surface area contributed by atoms with Crippen molar-refractivity contribution in [1.29, 1.82) is 0 Å². The van der Waals surface area contributed by atoms with Gasteiger partial charge in [-0.05, 0) is 24.1 Å². The van der Waals surface area contributed by atoms with Crippen LogP contribution in [0.2, 0.25) is 4.34 Å². The van der Waals surface area contributed by atoms with Crippen LogP contribution in [0, 0.1) is 5.82 Å². The summed E-state index contributed by atoms with van der Waals surface area (Å²) in [7, 11) is 1.74. The molecule has 26 heavy (non-hydrogen) atoms. The molecule has 1 atom stereocenters. The number of thiophene rings is 1. The number of benzene rings is 1. The van der Waals surface area contributed by atoms with Gasteiger partial charge < -0.3 is 11.1 Å². The Bertz CT molecular complexity index is 926. The predicted molar refractivity (Wildman–Crippen MR) is 99.7 cm³/mol. The average Bonchev–Trinajstić information content (AvgIpc) is 3.21. The molecule has 1 amide bonds. The van der Waals surface area contributed by atoms with Crippen molar-refractivity contribution in [1.82, 2.24) is 20.1 Å². The minimum Gasteiger partial charge on any atom is -0.347 e. The minimum absolute atomic E-state index is 0.190. The van der Waals surface area contributed by atoms with Gasteiger partial charge in [0.25, 0.3) is 5.91 Å². The molecule has 0 spiro atoms. The van der Waals surface area contributed by atoms with Crippen molar-refractivity contribution in [3.63, 3.8) is 0 Å². The largest absolute Gasteiger partial charge is 0.347 e. The topological polar surface area (TPSA) is 85.8 Å². The minimum atomic E-state index is -0.390. The van der Waals surface area contributed by atoms with Gasteiger partial charge in [0.2, 0.25) is 0 Å². The van der Waals surface area contributed by atoms with Crippen LogP contribution in [0.25, 0.3) is 11.4 Å². The summed E-state index contributed by atoms with van der Waals surface area (Å²) in [5.74, 6) is -0.0481. The third kappa shape index (κ3) is 3.92. The van der Waals surface area contributed by atoms with Gasteiger partial charge in [-0.25, -0.2) is 14.1 Å². The van der Waals surface area contributed by atoms with Gasteiger partial charge in [0, 0.05) is 25.2 Å². The molecule has 0 fully saturated rings. The van der Waals surface area contributed by atoms with Gasteiger partial charge in [0.1, 0.15) is 16.5 Å². The van der Waals surface area contributed by atoms with Crippen LogP contribution in [-0.2, 0) is 13.5 Å². The van der Waals surface area contributed by atoms with Crippen molar-refractivity contribution in [2.45, 2.75) is 12.5 Å². The molecule has 6 nitrogen and oxygen atoms in total. The lowest BCUT2D eigenvalue weighted by Gasteiger charge is -2.16. The van der Waals surface area contributed by atoms with Crippen molar-refractivity contribution in [3.05, 3.63) is 57.3 Å². The highest BCUT2D eigenvalue weighted by atomic mass is 35.5. The van der Waals surface area contributed by atoms with E-state index in [0.29, 0.717) is 32.6 Å². The first-order valence-electron chi connectivity index (χ1n) is 7.87. The van der Waals surface area contributed by atoms with Gasteiger partial charge in [-0.2, -0.15) is 5.10 Å². The summed E-state index contributed by atoms with van der Waals surface area (Å²) in [6.07, 6.45) is 1.73. The van der Waals surface area contributed by atoms with Crippen LogP contribution in [0.3, 0.4) is 0 Å². The van der Waals surface area contributed by atoms with Crippen LogP contribution >= 0.6 is 22.9 Å². The normalized spacial score (nSPS) is 12.2. The lowest BCUT2D eigenvalue weighted by molar-refractivity contribution is 0.0942. The first-order chi connectivity index (χ1) is 12.5. The smallest absolute Gasteiger partial charge is 0.261 e. The number of nitrogens with two attached hydrogens (primary N) is 1. The molecule has 0 saturated carbocycles. The molecule has 0 bridgehead atoms. The van der Waals surface area contributed by atoms with Gasteiger partial charge >= 0.3 is 0 Å². The molecule has 1 aromatic carbocycles. The molecule has 2 heterocycles. The number of aromatic nitrogens is 3. The number of carbonyl (C=O) groups is 1. The van der Waals surface area contributed by atoms with Gasteiger partial charge in [-0.3, -0.25) is 4.79 Å². The Morgan fingerprint density at radius 2 is 2.23 bits per heavy atom. The van der Waals surface area contributed by atoms with Crippen molar-refractivity contribution in [2.24, 2.45) is 12.8 Å². The molecule has 2 aromatic heterocycles. The van der Waals surface area contributed by atoms with Gasteiger partial charge in [0.15, 0.2) is 5.82 Å². The van der Waals surface area contributed by atoms with E-state index in [9.17, 15) is 9.18 Å². The number of nitrogens with one attached hydrogen (secondary N) is 1. The van der Waals surface area contributed by atoms with E-state index < -0.39 is 6.04 Å². The summed E-state index contributed by atoms with van der Waals surface area (Å²) in [4.78, 5) is 17.1. The molecule has 0 aliphatic heterocycles. The van der Waals surface area contributed by atoms with Crippen molar-refractivity contribution >= 4 is 28.8 Å². The van der Waals surface area contributed by atoms with Crippen molar-refractivity contribution in [3.8, 4) is 11.4 Å². The van der Waals surface area contributed by atoms with E-state index in [0.717, 1.165) is 11.3 Å². The predicted octanol–water partition coefficient (Wildman–Crippen LogP) is 2.64. The Kier molecular flexibility index (Phi) is 5.65. The van der Waals surface area contributed by atoms with Crippen LogP contribution in [0.15, 0.2) is 36.7 Å². The Balaban J connectivity index is 1.75. The number of carbonyl (C=O) groups excluding carboxylic acids is 1. The fourth-order valence-electron chi connectivity index (χ4n) is 2.55. The lowest BCUT2D eigenvalue weighted by Crippen LogP contribution is -2.41. The first-order valence-corrected chi connectivity index (χ1v) is 9.07. The van der Waals surface area contributed by atoms with E-state index in [1.165, 1.54) is 12.4 Å². The fourth-order valence-corrected chi connectivity index (χ4v) is 3.72. The zero-order chi connectivity index (χ0) is 18.7. The number of nitrogens with zero attached hydrogens (tertiary/aromatic N) is 3. The van der Waals surface area contributed by atoms with E-state index in [1.54, 1.807) is 36.0 Å². The standard InChI is InChI=1S/C17H17ClFN5OS/c1-24-16(21-9-22-24)12-7-14(26-15(12)18)17(25)23-11(8-20)6-10-4-2-3-5-13(10)19/h2-5,7,9,11H,6,8,20H2,1H3,(H,23,25)/t11-/m0/s1. The molecule has 0 aliphatic rings. The number of aryl methyl sites for hydroxylation is 1. The average molecular weight is 394 g/mol. The summed E-state index contributed by atoms with van der Waals surface area (Å²) in [5, 5.41) is 6.84. The van der Waals surface area contributed by atoms with Gasteiger partial charge in [-0.15, -0.1) is 11.3 Å². The molecule has 0 aliphatic carbocycles. The number of halogens is 2. The maximum absolute atomic E-state index is 13.8. The van der Waals surface area contributed by atoms with Crippen molar-refractivity contribution < 1.29 is 9.18 Å². The Morgan fingerprint density at radius 1 is 1.46 bits per heavy atom. The summed E-state index contributed by atoms with van der Waals surface area (Å²) in [6.45, 7) is 0.190. The molecular formula is C17H17ClFN5OS. The monoisotopic (exact) mass is 393 g/mol. The zero-order valence-electron chi connectivity index (χ0n) is 13.9. The quantitative estimate of drug-likeness (QED) is 0.674. The fraction of sp³-hybridized carbons (Fsp3) is 0.235. The Labute approximate surface area is 158 Å². The number of amides is 1. The summed E-state index contributed by atoms with van der Waals surface area (Å²) >= 11 is 7.41. The van der Waals surface area contributed by atoms with Crippen LogP contribution in [-0.4, -0.2) is 33.3 Å². The highest BCUT2D eigenvalue weighted by molar-refractivity contribution is 7.18. The number of hydrogen-bond acceptors (Lipinski definition) is 5. The highest BCUT2D eigenvalue weighted by Crippen LogP contribution is 2.34. The molecule has 3 N–H and O–H groups in total. The van der Waals surface area contributed by atoms with Crippen LogP contribution in [0.4, 0.5) is 4.39 Å². The highest BCUT2D eigenvalue weighted by Gasteiger charge is 2.20. The van der Waals surface area contributed by atoms with E-state index >= 15 is 0 Å². The van der Waals surface area contributed by atoms with Crippen molar-refractivity contribution in [2.75, 3.05) is 6.54 Å². The molecule has 3 aromatic rings. The summed E-state index contributed by atoms with van der Waals surface area (Å²) in [6, 6.07) is 7.72. The molecular weight excluding hydrogens is 377 g/mol. The zero-order valence-corrected chi connectivity index (χ0v) is 15.5. The van der Waals surface area contributed by atoms with E-state index in [2.05, 4.69) is 15.4 Å². The van der Waals surface area contributed by atoms with E-state index in [4.69, 9.17) is 17.3 Å². The second kappa shape index (κ2) is 7.94. The third-order valence-electron chi connectivity index (χ3n) is 3.91. The maximum atomic E-state index is 13.8. The van der Waals surface area contributed by atoms with Crippen LogP contribution in [0.5, 0.6) is 0 Å². The van der Waals surface area contributed by atoms with Crippen LogP contribution in [0.1, 0.15) is 15.2 Å². The van der Waals surface area contributed by atoms with Crippen LogP contribution < -0.4 is 11.1 Å². The molecule has 136 valence electrons. The molecule has 0 saturated heterocycles. The first kappa shape index (κ1) is 18.5. The molecule has 9 heteroatoms. The Hall–Kier alpha value is -2.29. The molecule has 0 radical (unpaired) electrons. The molecule has 3 rings (SSSR count). The second-order valence-electron chi connectivity index (χ2n) is 5.71. The second-order valence-corrected chi connectivity index (χ2v) is 7.36. The molecule has 0 unspecified atom stereocenters. The van der Waals surface area contributed by atoms with Gasteiger partial charge in [0.05, 0.1) is 4.88 Å². The van der Waals surface area contributed by atoms with E-state index in [1.807, 2.05) is 0 Å². The number of hydrogen-bond donors (Lipinski definition) is 2. The maximum Gasteiger partial charge on any atom is 0.261 e. The summed E-state index contributed by atoms with van der Waals surface area (Å²) < 4.78 is 15.8.